The molecule has 1 heterocycles. The maximum atomic E-state index is 11.7. The zero-order valence-corrected chi connectivity index (χ0v) is 9.45. The number of carbonyl (C=O) groups excluding carboxylic acids is 1. The minimum atomic E-state index is -0.496. The number of carbonyl (C=O) groups is 1. The molecule has 4 nitrogen and oxygen atoms in total. The summed E-state index contributed by atoms with van der Waals surface area (Å²) in [5.41, 5.74) is 0.947. The normalized spacial score (nSPS) is 19.1. The Bertz CT molecular complexity index is 402. The number of β-amino-alcohol motifs (C(OH)–C–C–N with tert-alkyl or cyclic N) is 1. The molecule has 4 heteroatoms. The van der Waals surface area contributed by atoms with Crippen LogP contribution in [-0.2, 0) is 11.3 Å². The van der Waals surface area contributed by atoms with E-state index in [0.717, 1.165) is 5.56 Å². The fraction of sp³-hybridized carbons (Fsp3) is 0.308. The van der Waals surface area contributed by atoms with Crippen molar-refractivity contribution in [2.24, 2.45) is 0 Å². The van der Waals surface area contributed by atoms with Crippen molar-refractivity contribution in [3.05, 3.63) is 48.2 Å². The number of rotatable bonds is 2. The monoisotopic (exact) mass is 233 g/mol. The van der Waals surface area contributed by atoms with Gasteiger partial charge in [0.1, 0.15) is 6.61 Å². The molecule has 0 radical (unpaired) electrons. The van der Waals surface area contributed by atoms with Crippen LogP contribution in [0.25, 0.3) is 0 Å². The number of hydrogen-bond acceptors (Lipinski definition) is 3. The fourth-order valence-electron chi connectivity index (χ4n) is 1.65. The van der Waals surface area contributed by atoms with Crippen LogP contribution >= 0.6 is 0 Å². The highest BCUT2D eigenvalue weighted by Crippen LogP contribution is 2.09. The molecule has 1 unspecified atom stereocenters. The van der Waals surface area contributed by atoms with Crippen molar-refractivity contribution in [2.45, 2.75) is 19.1 Å². The number of amides is 1. The molecule has 1 aromatic carbocycles. The largest absolute Gasteiger partial charge is 0.444 e. The third kappa shape index (κ3) is 3.32. The molecule has 0 spiro atoms. The first kappa shape index (κ1) is 11.7. The lowest BCUT2D eigenvalue weighted by atomic mass is 10.2. The van der Waals surface area contributed by atoms with E-state index in [0.29, 0.717) is 13.0 Å². The van der Waals surface area contributed by atoms with Gasteiger partial charge in [-0.3, -0.25) is 4.90 Å². The number of ether oxygens (including phenoxy) is 1. The lowest BCUT2D eigenvalue weighted by Crippen LogP contribution is -2.36. The van der Waals surface area contributed by atoms with Crippen LogP contribution in [0, 0.1) is 0 Å². The van der Waals surface area contributed by atoms with Crippen molar-refractivity contribution in [3.8, 4) is 0 Å². The van der Waals surface area contributed by atoms with E-state index >= 15 is 0 Å². The third-order valence-electron chi connectivity index (χ3n) is 2.54. The lowest BCUT2D eigenvalue weighted by molar-refractivity contribution is 0.0815. The summed E-state index contributed by atoms with van der Waals surface area (Å²) in [6.45, 7) is 0.546. The Morgan fingerprint density at radius 2 is 2.18 bits per heavy atom. The van der Waals surface area contributed by atoms with Gasteiger partial charge in [0.05, 0.1) is 12.6 Å². The number of aliphatic hydroxyl groups excluding tert-OH is 1. The highest BCUT2D eigenvalue weighted by atomic mass is 16.6. The van der Waals surface area contributed by atoms with E-state index in [1.807, 2.05) is 30.3 Å². The summed E-state index contributed by atoms with van der Waals surface area (Å²) in [4.78, 5) is 13.0. The maximum absolute atomic E-state index is 11.7. The standard InChI is InChI=1S/C13H15NO3/c15-12-7-4-8-14(9-12)13(16)17-10-11-5-2-1-3-6-11/h1-6,8,12,15H,7,9-10H2. The Labute approximate surface area is 100 Å². The Morgan fingerprint density at radius 3 is 2.88 bits per heavy atom. The highest BCUT2D eigenvalue weighted by Gasteiger charge is 2.19. The van der Waals surface area contributed by atoms with Crippen molar-refractivity contribution in [2.75, 3.05) is 6.54 Å². The first-order valence-corrected chi connectivity index (χ1v) is 5.58. The third-order valence-corrected chi connectivity index (χ3v) is 2.54. The van der Waals surface area contributed by atoms with E-state index in [2.05, 4.69) is 0 Å². The first-order chi connectivity index (χ1) is 8.25. The minimum absolute atomic E-state index is 0.250. The van der Waals surface area contributed by atoms with Crippen LogP contribution in [0.3, 0.4) is 0 Å². The van der Waals surface area contributed by atoms with E-state index in [4.69, 9.17) is 4.74 Å². The van der Waals surface area contributed by atoms with Gasteiger partial charge in [-0.25, -0.2) is 4.79 Å². The summed E-state index contributed by atoms with van der Waals surface area (Å²) in [5.74, 6) is 0. The average Bonchev–Trinajstić information content (AvgIpc) is 2.37. The van der Waals surface area contributed by atoms with Crippen LogP contribution in [0.1, 0.15) is 12.0 Å². The van der Waals surface area contributed by atoms with Crippen LogP contribution in [0.15, 0.2) is 42.6 Å². The molecule has 0 aliphatic carbocycles. The van der Waals surface area contributed by atoms with Crippen LogP contribution in [0.4, 0.5) is 4.79 Å². The Kier molecular flexibility index (Phi) is 3.77. The van der Waals surface area contributed by atoms with Crippen LogP contribution in [-0.4, -0.2) is 28.7 Å². The Balaban J connectivity index is 1.85. The minimum Gasteiger partial charge on any atom is -0.444 e. The molecule has 2 rings (SSSR count). The van der Waals surface area contributed by atoms with E-state index in [-0.39, 0.29) is 6.61 Å². The first-order valence-electron chi connectivity index (χ1n) is 5.58. The van der Waals surface area contributed by atoms with Gasteiger partial charge in [0.25, 0.3) is 0 Å². The molecule has 17 heavy (non-hydrogen) atoms. The second-order valence-corrected chi connectivity index (χ2v) is 3.97. The lowest BCUT2D eigenvalue weighted by Gasteiger charge is -2.24. The van der Waals surface area contributed by atoms with Gasteiger partial charge < -0.3 is 9.84 Å². The van der Waals surface area contributed by atoms with Gasteiger partial charge in [-0.05, 0) is 12.0 Å². The van der Waals surface area contributed by atoms with E-state index in [9.17, 15) is 9.90 Å². The fourth-order valence-corrected chi connectivity index (χ4v) is 1.65. The number of benzene rings is 1. The van der Waals surface area contributed by atoms with Crippen molar-refractivity contribution < 1.29 is 14.6 Å². The predicted molar refractivity (Wildman–Crippen MR) is 63.1 cm³/mol. The van der Waals surface area contributed by atoms with Crippen molar-refractivity contribution >= 4 is 6.09 Å². The maximum Gasteiger partial charge on any atom is 0.414 e. The predicted octanol–water partition coefficient (Wildman–Crippen LogP) is 1.90. The molecular weight excluding hydrogens is 218 g/mol. The molecule has 1 aliphatic heterocycles. The number of nitrogens with zero attached hydrogens (tertiary/aromatic N) is 1. The quantitative estimate of drug-likeness (QED) is 0.848. The van der Waals surface area contributed by atoms with Gasteiger partial charge in [-0.15, -0.1) is 0 Å². The van der Waals surface area contributed by atoms with Crippen LogP contribution in [0.5, 0.6) is 0 Å². The van der Waals surface area contributed by atoms with Gasteiger partial charge in [-0.1, -0.05) is 36.4 Å². The molecule has 0 fully saturated rings. The van der Waals surface area contributed by atoms with Gasteiger partial charge in [-0.2, -0.15) is 0 Å². The summed E-state index contributed by atoms with van der Waals surface area (Å²) in [7, 11) is 0. The van der Waals surface area contributed by atoms with Crippen LogP contribution in [0.2, 0.25) is 0 Å². The molecule has 0 saturated carbocycles. The molecule has 90 valence electrons. The molecule has 0 saturated heterocycles. The van der Waals surface area contributed by atoms with E-state index < -0.39 is 12.2 Å². The Hall–Kier alpha value is -1.81. The van der Waals surface area contributed by atoms with Crippen molar-refractivity contribution in [3.63, 3.8) is 0 Å². The van der Waals surface area contributed by atoms with E-state index in [1.165, 1.54) is 4.90 Å². The smallest absolute Gasteiger partial charge is 0.414 e. The van der Waals surface area contributed by atoms with Gasteiger partial charge in [0.15, 0.2) is 0 Å². The summed E-state index contributed by atoms with van der Waals surface area (Å²) < 4.78 is 5.14. The molecule has 1 amide bonds. The molecule has 1 atom stereocenters. The summed E-state index contributed by atoms with van der Waals surface area (Å²) in [5, 5.41) is 9.41. The number of hydrogen-bond donors (Lipinski definition) is 1. The SMILES string of the molecule is O=C(OCc1ccccc1)N1C=CCC(O)C1. The molecule has 1 aromatic rings. The molecular formula is C13H15NO3. The zero-order valence-electron chi connectivity index (χ0n) is 9.45. The van der Waals surface area contributed by atoms with Crippen molar-refractivity contribution in [1.82, 2.24) is 4.90 Å². The summed E-state index contributed by atoms with van der Waals surface area (Å²) >= 11 is 0. The molecule has 1 N–H and O–H groups in total. The second kappa shape index (κ2) is 5.50. The Morgan fingerprint density at radius 1 is 1.41 bits per heavy atom. The topological polar surface area (TPSA) is 49.8 Å². The molecule has 0 aromatic heterocycles. The van der Waals surface area contributed by atoms with Crippen molar-refractivity contribution in [1.29, 1.82) is 0 Å². The van der Waals surface area contributed by atoms with E-state index in [1.54, 1.807) is 12.3 Å². The average molecular weight is 233 g/mol. The van der Waals surface area contributed by atoms with Gasteiger partial charge >= 0.3 is 6.09 Å². The number of aliphatic hydroxyl groups is 1. The molecule has 0 bridgehead atoms. The molecule has 1 aliphatic rings. The van der Waals surface area contributed by atoms with Gasteiger partial charge in [0.2, 0.25) is 0 Å². The zero-order chi connectivity index (χ0) is 12.1. The van der Waals surface area contributed by atoms with Crippen LogP contribution < -0.4 is 0 Å². The highest BCUT2D eigenvalue weighted by molar-refractivity contribution is 5.69. The van der Waals surface area contributed by atoms with Gasteiger partial charge in [0, 0.05) is 6.20 Å². The second-order valence-electron chi connectivity index (χ2n) is 3.97. The summed E-state index contributed by atoms with van der Waals surface area (Å²) in [6, 6.07) is 9.50. The summed E-state index contributed by atoms with van der Waals surface area (Å²) in [6.07, 6.45) is 3.08.